The molecule has 0 radical (unpaired) electrons. The second kappa shape index (κ2) is 5.83. The quantitative estimate of drug-likeness (QED) is 0.907. The van der Waals surface area contributed by atoms with Crippen molar-refractivity contribution in [1.82, 2.24) is 4.90 Å². The molecule has 2 N–H and O–H groups in total. The van der Waals surface area contributed by atoms with E-state index in [-0.39, 0.29) is 16.8 Å². The van der Waals surface area contributed by atoms with Crippen LogP contribution in [0, 0.1) is 6.92 Å². The smallest absolute Gasteiger partial charge is 0.264 e. The largest absolute Gasteiger partial charge is 0.335 e. The van der Waals surface area contributed by atoms with Gasteiger partial charge in [-0.05, 0) is 32.8 Å². The maximum atomic E-state index is 12.6. The number of carbonyl (C=O) groups excluding carboxylic acids is 1. The number of rotatable bonds is 2. The topological polar surface area (TPSA) is 80.5 Å². The third kappa shape index (κ3) is 3.21. The zero-order valence-corrected chi connectivity index (χ0v) is 13.4. The number of thiophene rings is 1. The maximum absolute atomic E-state index is 12.6. The van der Waals surface area contributed by atoms with Crippen molar-refractivity contribution in [2.45, 2.75) is 50.5 Å². The van der Waals surface area contributed by atoms with Crippen LogP contribution in [0.4, 0.5) is 0 Å². The molecular formula is C13H20N2O3S2. The first-order chi connectivity index (χ1) is 9.30. The fraction of sp³-hybridized carbons (Fsp3) is 0.615. The minimum absolute atomic E-state index is 0.0633. The fourth-order valence-electron chi connectivity index (χ4n) is 2.57. The van der Waals surface area contributed by atoms with Crippen LogP contribution in [0.5, 0.6) is 0 Å². The lowest BCUT2D eigenvalue weighted by molar-refractivity contribution is 0.0703. The highest BCUT2D eigenvalue weighted by Gasteiger charge is 2.26. The third-order valence-corrected chi connectivity index (χ3v) is 5.91. The Kier molecular flexibility index (Phi) is 4.51. The van der Waals surface area contributed by atoms with Crippen molar-refractivity contribution in [2.75, 3.05) is 6.54 Å². The molecule has 0 aromatic carbocycles. The van der Waals surface area contributed by atoms with E-state index in [1.165, 1.54) is 17.4 Å². The van der Waals surface area contributed by atoms with Crippen LogP contribution >= 0.6 is 11.3 Å². The molecular weight excluding hydrogens is 296 g/mol. The van der Waals surface area contributed by atoms with Crippen LogP contribution in [0.2, 0.25) is 0 Å². The number of carbonyl (C=O) groups is 1. The summed E-state index contributed by atoms with van der Waals surface area (Å²) >= 11 is 1.20. The van der Waals surface area contributed by atoms with Gasteiger partial charge in [0, 0.05) is 17.5 Å². The number of nitrogens with zero attached hydrogens (tertiary/aromatic N) is 1. The molecule has 5 nitrogen and oxygen atoms in total. The van der Waals surface area contributed by atoms with Gasteiger partial charge in [0.1, 0.15) is 0 Å². The second-order valence-electron chi connectivity index (χ2n) is 5.27. The molecule has 0 saturated carbocycles. The van der Waals surface area contributed by atoms with Crippen LogP contribution in [-0.4, -0.2) is 31.8 Å². The Bertz CT molecular complexity index is 607. The van der Waals surface area contributed by atoms with E-state index < -0.39 is 10.0 Å². The highest BCUT2D eigenvalue weighted by Crippen LogP contribution is 2.27. The van der Waals surface area contributed by atoms with Crippen molar-refractivity contribution in [1.29, 1.82) is 0 Å². The number of hydrogen-bond donors (Lipinski definition) is 1. The minimum atomic E-state index is -3.76. The van der Waals surface area contributed by atoms with Crippen molar-refractivity contribution in [3.8, 4) is 0 Å². The molecule has 1 aromatic rings. The Morgan fingerprint density at radius 3 is 2.70 bits per heavy atom. The van der Waals surface area contributed by atoms with Gasteiger partial charge in [0.15, 0.2) is 0 Å². The molecule has 7 heteroatoms. The summed E-state index contributed by atoms with van der Waals surface area (Å²) in [6.45, 7) is 4.46. The lowest BCUT2D eigenvalue weighted by Crippen LogP contribution is -2.37. The first-order valence-corrected chi connectivity index (χ1v) is 9.11. The highest BCUT2D eigenvalue weighted by atomic mass is 32.2. The molecule has 20 heavy (non-hydrogen) atoms. The predicted octanol–water partition coefficient (Wildman–Crippen LogP) is 2.11. The van der Waals surface area contributed by atoms with Crippen molar-refractivity contribution in [2.24, 2.45) is 5.14 Å². The molecule has 0 aliphatic carbocycles. The van der Waals surface area contributed by atoms with Gasteiger partial charge in [-0.1, -0.05) is 12.8 Å². The molecule has 1 aromatic heterocycles. The van der Waals surface area contributed by atoms with Crippen LogP contribution in [0.15, 0.2) is 11.0 Å². The molecule has 0 spiro atoms. The molecule has 1 fully saturated rings. The van der Waals surface area contributed by atoms with Crippen molar-refractivity contribution in [3.05, 3.63) is 15.8 Å². The number of aryl methyl sites for hydroxylation is 1. The molecule has 1 aliphatic heterocycles. The standard InChI is InChI=1S/C13H20N2O3S2/c1-9-6-4-3-5-7-15(9)13(16)11-8-12(10(2)19-11)20(14,17)18/h8-9H,3-7H2,1-2H3,(H2,14,17,18). The fourth-order valence-corrected chi connectivity index (χ4v) is 4.67. The molecule has 112 valence electrons. The summed E-state index contributed by atoms with van der Waals surface area (Å²) in [6.07, 6.45) is 4.28. The SMILES string of the molecule is Cc1sc(C(=O)N2CCCCCC2C)cc1S(N)(=O)=O. The lowest BCUT2D eigenvalue weighted by atomic mass is 10.1. The average Bonchev–Trinajstić information content (AvgIpc) is 2.62. The van der Waals surface area contributed by atoms with Gasteiger partial charge in [-0.2, -0.15) is 0 Å². The summed E-state index contributed by atoms with van der Waals surface area (Å²) in [4.78, 5) is 15.5. The summed E-state index contributed by atoms with van der Waals surface area (Å²) in [5, 5.41) is 5.16. The zero-order chi connectivity index (χ0) is 14.9. The number of nitrogens with two attached hydrogens (primary N) is 1. The summed E-state index contributed by atoms with van der Waals surface area (Å²) in [5.41, 5.74) is 0. The van der Waals surface area contributed by atoms with Crippen molar-refractivity contribution >= 4 is 27.3 Å². The minimum Gasteiger partial charge on any atom is -0.335 e. The second-order valence-corrected chi connectivity index (χ2v) is 8.06. The predicted molar refractivity (Wildman–Crippen MR) is 79.4 cm³/mol. The van der Waals surface area contributed by atoms with E-state index in [0.717, 1.165) is 32.2 Å². The van der Waals surface area contributed by atoms with Crippen LogP contribution in [0.25, 0.3) is 0 Å². The first-order valence-electron chi connectivity index (χ1n) is 6.75. The molecule has 1 unspecified atom stereocenters. The van der Waals surface area contributed by atoms with Crippen molar-refractivity contribution < 1.29 is 13.2 Å². The Labute approximate surface area is 123 Å². The number of primary sulfonamides is 1. The number of likely N-dealkylation sites (tertiary alicyclic amines) is 1. The van der Waals surface area contributed by atoms with E-state index >= 15 is 0 Å². The lowest BCUT2D eigenvalue weighted by Gasteiger charge is -2.26. The van der Waals surface area contributed by atoms with Gasteiger partial charge in [0.2, 0.25) is 10.0 Å². The first kappa shape index (κ1) is 15.5. The third-order valence-electron chi connectivity index (χ3n) is 3.70. The summed E-state index contributed by atoms with van der Waals surface area (Å²) in [6, 6.07) is 1.61. The molecule has 2 rings (SSSR count). The van der Waals surface area contributed by atoms with Crippen LogP contribution in [0.1, 0.15) is 47.2 Å². The van der Waals surface area contributed by atoms with E-state index in [9.17, 15) is 13.2 Å². The van der Waals surface area contributed by atoms with Gasteiger partial charge in [0.05, 0.1) is 9.77 Å². The van der Waals surface area contributed by atoms with Gasteiger partial charge in [-0.3, -0.25) is 4.79 Å². The number of amides is 1. The van der Waals surface area contributed by atoms with Gasteiger partial charge in [-0.15, -0.1) is 11.3 Å². The van der Waals surface area contributed by atoms with E-state index in [4.69, 9.17) is 5.14 Å². The Balaban J connectivity index is 2.29. The van der Waals surface area contributed by atoms with E-state index in [1.54, 1.807) is 6.92 Å². The summed E-state index contributed by atoms with van der Waals surface area (Å²) in [5.74, 6) is -0.0811. The van der Waals surface area contributed by atoms with Crippen LogP contribution in [0.3, 0.4) is 0 Å². The normalized spacial score (nSPS) is 20.8. The Hall–Kier alpha value is -0.920. The Morgan fingerprint density at radius 1 is 1.40 bits per heavy atom. The van der Waals surface area contributed by atoms with Crippen LogP contribution < -0.4 is 5.14 Å². The van der Waals surface area contributed by atoms with Gasteiger partial charge < -0.3 is 4.90 Å². The summed E-state index contributed by atoms with van der Waals surface area (Å²) < 4.78 is 22.9. The number of sulfonamides is 1. The number of hydrogen-bond acceptors (Lipinski definition) is 4. The van der Waals surface area contributed by atoms with Crippen molar-refractivity contribution in [3.63, 3.8) is 0 Å². The average molecular weight is 316 g/mol. The zero-order valence-electron chi connectivity index (χ0n) is 11.8. The Morgan fingerprint density at radius 2 is 2.10 bits per heavy atom. The van der Waals surface area contributed by atoms with Gasteiger partial charge in [-0.25, -0.2) is 13.6 Å². The monoisotopic (exact) mass is 316 g/mol. The maximum Gasteiger partial charge on any atom is 0.264 e. The van der Waals surface area contributed by atoms with E-state index in [2.05, 4.69) is 0 Å². The molecule has 1 atom stereocenters. The van der Waals surface area contributed by atoms with E-state index in [1.807, 2.05) is 11.8 Å². The van der Waals surface area contributed by atoms with Gasteiger partial charge >= 0.3 is 0 Å². The highest BCUT2D eigenvalue weighted by molar-refractivity contribution is 7.89. The summed E-state index contributed by atoms with van der Waals surface area (Å²) in [7, 11) is -3.76. The van der Waals surface area contributed by atoms with E-state index in [0.29, 0.717) is 9.75 Å². The molecule has 1 saturated heterocycles. The molecule has 0 bridgehead atoms. The molecule has 1 amide bonds. The van der Waals surface area contributed by atoms with Gasteiger partial charge in [0.25, 0.3) is 5.91 Å². The molecule has 1 aliphatic rings. The van der Waals surface area contributed by atoms with Crippen LogP contribution in [-0.2, 0) is 10.0 Å². The molecule has 2 heterocycles.